The van der Waals surface area contributed by atoms with Crippen LogP contribution in [-0.2, 0) is 0 Å². The molecule has 0 unspecified atom stereocenters. The average Bonchev–Trinajstić information content (AvgIpc) is 2.61. The molecule has 1 heterocycles. The Morgan fingerprint density at radius 3 is 2.85 bits per heavy atom. The zero-order valence-corrected chi connectivity index (χ0v) is 7.93. The summed E-state index contributed by atoms with van der Waals surface area (Å²) >= 11 is 11.7. The van der Waals surface area contributed by atoms with Crippen molar-refractivity contribution in [1.82, 2.24) is 4.98 Å². The molecule has 0 N–H and O–H groups in total. The van der Waals surface area contributed by atoms with Crippen molar-refractivity contribution in [3.8, 4) is 11.5 Å². The third kappa shape index (κ3) is 1.69. The number of benzene rings is 1. The number of aromatic nitrogens is 1. The molecule has 0 amide bonds. The Bertz CT molecular complexity index is 412. The van der Waals surface area contributed by atoms with Gasteiger partial charge in [0.05, 0.1) is 16.8 Å². The molecule has 0 aliphatic heterocycles. The largest absolute Gasteiger partial charge is 0.433 e. The van der Waals surface area contributed by atoms with Gasteiger partial charge in [0.25, 0.3) is 0 Å². The molecular formula is C9H4Cl2NO. The van der Waals surface area contributed by atoms with Gasteiger partial charge in [0, 0.05) is 5.02 Å². The van der Waals surface area contributed by atoms with Crippen molar-refractivity contribution in [3.63, 3.8) is 0 Å². The van der Waals surface area contributed by atoms with Crippen molar-refractivity contribution >= 4 is 23.2 Å². The summed E-state index contributed by atoms with van der Waals surface area (Å²) < 4.78 is 4.98. The highest BCUT2D eigenvalue weighted by atomic mass is 35.5. The highest BCUT2D eigenvalue weighted by molar-refractivity contribution is 6.35. The van der Waals surface area contributed by atoms with Gasteiger partial charge in [0.15, 0.2) is 6.26 Å². The molecule has 2 nitrogen and oxygen atoms in total. The van der Waals surface area contributed by atoms with Crippen molar-refractivity contribution in [2.45, 2.75) is 0 Å². The van der Waals surface area contributed by atoms with E-state index in [2.05, 4.69) is 11.2 Å². The number of nitrogens with zero attached hydrogens (tertiary/aromatic N) is 1. The molecule has 0 bridgehead atoms. The monoisotopic (exact) mass is 212 g/mol. The van der Waals surface area contributed by atoms with Crippen LogP contribution in [0.5, 0.6) is 0 Å². The van der Waals surface area contributed by atoms with E-state index in [4.69, 9.17) is 27.6 Å². The minimum Gasteiger partial charge on any atom is -0.433 e. The van der Waals surface area contributed by atoms with Crippen molar-refractivity contribution in [3.05, 3.63) is 40.7 Å². The third-order valence-corrected chi connectivity index (χ3v) is 2.11. The van der Waals surface area contributed by atoms with Gasteiger partial charge >= 0.3 is 0 Å². The van der Waals surface area contributed by atoms with Gasteiger partial charge < -0.3 is 4.42 Å². The van der Waals surface area contributed by atoms with Gasteiger partial charge in [-0.2, -0.15) is 0 Å². The predicted octanol–water partition coefficient (Wildman–Crippen LogP) is 3.45. The van der Waals surface area contributed by atoms with Gasteiger partial charge in [0.1, 0.15) is 0 Å². The van der Waals surface area contributed by atoms with Crippen LogP contribution < -0.4 is 0 Å². The molecule has 4 heteroatoms. The first-order chi connectivity index (χ1) is 6.27. The molecule has 0 fully saturated rings. The Hall–Kier alpha value is -0.990. The van der Waals surface area contributed by atoms with Crippen LogP contribution in [0.4, 0.5) is 0 Å². The van der Waals surface area contributed by atoms with Gasteiger partial charge in [-0.1, -0.05) is 23.2 Å². The molecule has 1 aromatic carbocycles. The lowest BCUT2D eigenvalue weighted by Gasteiger charge is -1.98. The maximum atomic E-state index is 5.92. The molecule has 2 aromatic rings. The minimum absolute atomic E-state index is 0.424. The van der Waals surface area contributed by atoms with Crippen LogP contribution in [0.15, 0.2) is 28.8 Å². The fourth-order valence-electron chi connectivity index (χ4n) is 0.979. The van der Waals surface area contributed by atoms with Crippen LogP contribution in [0.3, 0.4) is 0 Å². The quantitative estimate of drug-likeness (QED) is 0.724. The van der Waals surface area contributed by atoms with Crippen molar-refractivity contribution in [1.29, 1.82) is 0 Å². The number of rotatable bonds is 1. The van der Waals surface area contributed by atoms with E-state index >= 15 is 0 Å². The molecule has 0 atom stereocenters. The maximum Gasteiger partial charge on any atom is 0.228 e. The summed E-state index contributed by atoms with van der Waals surface area (Å²) in [4.78, 5) is 3.92. The molecule has 1 aromatic heterocycles. The molecular weight excluding hydrogens is 209 g/mol. The standard InChI is InChI=1S/C9H4Cl2NO/c10-6-1-2-8(11)7(5-6)9-12-3-4-13-9/h1-3,5H. The van der Waals surface area contributed by atoms with Gasteiger partial charge in [-0.25, -0.2) is 4.98 Å². The molecule has 0 saturated heterocycles. The van der Waals surface area contributed by atoms with Gasteiger partial charge in [-0.15, -0.1) is 0 Å². The van der Waals surface area contributed by atoms with Gasteiger partial charge in [0.2, 0.25) is 5.89 Å². The summed E-state index contributed by atoms with van der Waals surface area (Å²) in [6, 6.07) is 5.10. The zero-order valence-electron chi connectivity index (χ0n) is 6.42. The number of hydrogen-bond donors (Lipinski definition) is 0. The summed E-state index contributed by atoms with van der Waals surface area (Å²) in [6.07, 6.45) is 3.92. The Morgan fingerprint density at radius 2 is 2.15 bits per heavy atom. The normalized spacial score (nSPS) is 10.3. The summed E-state index contributed by atoms with van der Waals surface area (Å²) in [7, 11) is 0. The van der Waals surface area contributed by atoms with Crippen molar-refractivity contribution in [2.75, 3.05) is 0 Å². The molecule has 0 aliphatic rings. The van der Waals surface area contributed by atoms with E-state index in [1.54, 1.807) is 18.2 Å². The van der Waals surface area contributed by atoms with E-state index in [9.17, 15) is 0 Å². The number of hydrogen-bond acceptors (Lipinski definition) is 2. The van der Waals surface area contributed by atoms with Crippen molar-refractivity contribution < 1.29 is 4.42 Å². The van der Waals surface area contributed by atoms with E-state index < -0.39 is 0 Å². The second kappa shape index (κ2) is 3.40. The van der Waals surface area contributed by atoms with Crippen LogP contribution in [0.25, 0.3) is 11.5 Å². The molecule has 0 spiro atoms. The second-order valence-electron chi connectivity index (χ2n) is 2.41. The SMILES string of the molecule is Clc1ccc(Cl)c(-c2nc[c]o2)c1. The molecule has 65 valence electrons. The second-order valence-corrected chi connectivity index (χ2v) is 3.25. The highest BCUT2D eigenvalue weighted by Gasteiger charge is 2.07. The van der Waals surface area contributed by atoms with E-state index in [-0.39, 0.29) is 0 Å². The van der Waals surface area contributed by atoms with Crippen LogP contribution in [0, 0.1) is 6.26 Å². The summed E-state index contributed by atoms with van der Waals surface area (Å²) in [6.45, 7) is 0. The first kappa shape index (κ1) is 8.60. The summed E-state index contributed by atoms with van der Waals surface area (Å²) in [5.74, 6) is 0.424. The molecule has 0 saturated carbocycles. The zero-order chi connectivity index (χ0) is 9.26. The molecule has 13 heavy (non-hydrogen) atoms. The molecule has 1 radical (unpaired) electrons. The van der Waals surface area contributed by atoms with E-state index in [1.165, 1.54) is 6.20 Å². The lowest BCUT2D eigenvalue weighted by molar-refractivity contribution is 0.566. The van der Waals surface area contributed by atoms with Gasteiger partial charge in [-0.05, 0) is 18.2 Å². The summed E-state index contributed by atoms with van der Waals surface area (Å²) in [5, 5.41) is 1.15. The molecule has 0 aliphatic carbocycles. The summed E-state index contributed by atoms with van der Waals surface area (Å²) in [5.41, 5.74) is 0.676. The van der Waals surface area contributed by atoms with Gasteiger partial charge in [-0.3, -0.25) is 0 Å². The predicted molar refractivity (Wildman–Crippen MR) is 50.8 cm³/mol. The first-order valence-electron chi connectivity index (χ1n) is 3.54. The Balaban J connectivity index is 2.57. The number of halogens is 2. The average molecular weight is 213 g/mol. The Kier molecular flexibility index (Phi) is 2.25. The van der Waals surface area contributed by atoms with Crippen LogP contribution in [0.1, 0.15) is 0 Å². The minimum atomic E-state index is 0.424. The Labute approximate surface area is 85.1 Å². The van der Waals surface area contributed by atoms with Crippen LogP contribution in [0.2, 0.25) is 10.0 Å². The van der Waals surface area contributed by atoms with E-state index in [1.807, 2.05) is 0 Å². The lowest BCUT2D eigenvalue weighted by atomic mass is 10.2. The number of oxazole rings is 1. The topological polar surface area (TPSA) is 26.0 Å². The third-order valence-electron chi connectivity index (χ3n) is 1.55. The smallest absolute Gasteiger partial charge is 0.228 e. The fourth-order valence-corrected chi connectivity index (χ4v) is 1.35. The van der Waals surface area contributed by atoms with Crippen molar-refractivity contribution in [2.24, 2.45) is 0 Å². The fraction of sp³-hybridized carbons (Fsp3) is 0. The van der Waals surface area contributed by atoms with E-state index in [0.29, 0.717) is 21.5 Å². The lowest BCUT2D eigenvalue weighted by Crippen LogP contribution is -1.78. The van der Waals surface area contributed by atoms with E-state index in [0.717, 1.165) is 0 Å². The Morgan fingerprint density at radius 1 is 1.31 bits per heavy atom. The van der Waals surface area contributed by atoms with Crippen LogP contribution in [-0.4, -0.2) is 4.98 Å². The molecule has 2 rings (SSSR count). The maximum absolute atomic E-state index is 5.92. The highest BCUT2D eigenvalue weighted by Crippen LogP contribution is 2.28. The van der Waals surface area contributed by atoms with Crippen LogP contribution >= 0.6 is 23.2 Å². The first-order valence-corrected chi connectivity index (χ1v) is 4.30.